The molecule has 5 nitrogen and oxygen atoms in total. The van der Waals surface area contributed by atoms with E-state index in [0.717, 1.165) is 24.4 Å². The molecule has 1 heterocycles. The van der Waals surface area contributed by atoms with Gasteiger partial charge in [-0.1, -0.05) is 20.8 Å². The number of guanidine groups is 1. The van der Waals surface area contributed by atoms with E-state index in [2.05, 4.69) is 55.2 Å². The lowest BCUT2D eigenvalue weighted by molar-refractivity contribution is 0.185. The van der Waals surface area contributed by atoms with Crippen molar-refractivity contribution >= 4 is 5.96 Å². The van der Waals surface area contributed by atoms with Gasteiger partial charge in [0.15, 0.2) is 5.96 Å². The number of ether oxygens (including phenoxy) is 1. The molecule has 2 N–H and O–H groups in total. The molecule has 1 rings (SSSR count). The monoisotopic (exact) mass is 320 g/mol. The van der Waals surface area contributed by atoms with Gasteiger partial charge in [-0.3, -0.25) is 4.99 Å². The fraction of sp³-hybridized carbons (Fsp3) is 0.667. The molecule has 0 bridgehead atoms. The van der Waals surface area contributed by atoms with E-state index in [0.29, 0.717) is 24.4 Å². The molecule has 2 atom stereocenters. The minimum absolute atomic E-state index is 0.172. The van der Waals surface area contributed by atoms with Crippen LogP contribution in [-0.4, -0.2) is 30.1 Å². The number of aromatic nitrogens is 1. The van der Waals surface area contributed by atoms with E-state index < -0.39 is 0 Å². The smallest absolute Gasteiger partial charge is 0.213 e. The van der Waals surface area contributed by atoms with Crippen molar-refractivity contribution in [3.05, 3.63) is 23.9 Å². The second-order valence-electron chi connectivity index (χ2n) is 6.44. The zero-order chi connectivity index (χ0) is 17.2. The molecule has 5 heteroatoms. The number of hydrogen-bond donors (Lipinski definition) is 2. The zero-order valence-electron chi connectivity index (χ0n) is 15.4. The molecule has 23 heavy (non-hydrogen) atoms. The van der Waals surface area contributed by atoms with Crippen molar-refractivity contribution < 1.29 is 4.74 Å². The molecule has 0 spiro atoms. The van der Waals surface area contributed by atoms with Crippen LogP contribution in [0.3, 0.4) is 0 Å². The Morgan fingerprint density at radius 1 is 1.30 bits per heavy atom. The third-order valence-electron chi connectivity index (χ3n) is 3.60. The van der Waals surface area contributed by atoms with Gasteiger partial charge in [-0.25, -0.2) is 4.98 Å². The highest BCUT2D eigenvalue weighted by Crippen LogP contribution is 2.14. The maximum absolute atomic E-state index is 5.90. The van der Waals surface area contributed by atoms with E-state index >= 15 is 0 Å². The minimum Gasteiger partial charge on any atom is -0.475 e. The Morgan fingerprint density at radius 3 is 2.65 bits per heavy atom. The number of rotatable bonds is 8. The largest absolute Gasteiger partial charge is 0.475 e. The quantitative estimate of drug-likeness (QED) is 0.569. The molecule has 0 fully saturated rings. The van der Waals surface area contributed by atoms with Crippen LogP contribution in [0.15, 0.2) is 23.3 Å². The summed E-state index contributed by atoms with van der Waals surface area (Å²) in [7, 11) is 1.78. The lowest BCUT2D eigenvalue weighted by Crippen LogP contribution is -2.41. The molecule has 0 aliphatic heterocycles. The molecule has 2 unspecified atom stereocenters. The van der Waals surface area contributed by atoms with Gasteiger partial charge in [0, 0.05) is 31.9 Å². The Labute approximate surface area is 141 Å². The van der Waals surface area contributed by atoms with Crippen molar-refractivity contribution in [1.82, 2.24) is 15.6 Å². The van der Waals surface area contributed by atoms with Crippen LogP contribution in [0, 0.1) is 5.92 Å². The van der Waals surface area contributed by atoms with Crippen LogP contribution < -0.4 is 15.4 Å². The predicted octanol–water partition coefficient (Wildman–Crippen LogP) is 3.36. The van der Waals surface area contributed by atoms with Crippen molar-refractivity contribution in [2.45, 2.75) is 66.2 Å². The molecule has 130 valence electrons. The van der Waals surface area contributed by atoms with E-state index in [9.17, 15) is 0 Å². The summed E-state index contributed by atoms with van der Waals surface area (Å²) in [5, 5.41) is 6.67. The second-order valence-corrected chi connectivity index (χ2v) is 6.44. The Hall–Kier alpha value is -1.78. The number of aliphatic imine (C=N–C) groups is 1. The highest BCUT2D eigenvalue weighted by Gasteiger charge is 2.08. The first-order chi connectivity index (χ1) is 10.9. The van der Waals surface area contributed by atoms with Gasteiger partial charge in [0.25, 0.3) is 0 Å². The van der Waals surface area contributed by atoms with Crippen molar-refractivity contribution in [2.24, 2.45) is 10.9 Å². The maximum atomic E-state index is 5.90. The zero-order valence-corrected chi connectivity index (χ0v) is 15.4. The van der Waals surface area contributed by atoms with Gasteiger partial charge in [0.05, 0.1) is 6.10 Å². The number of nitrogens with zero attached hydrogens (tertiary/aromatic N) is 2. The molecular weight excluding hydrogens is 288 g/mol. The summed E-state index contributed by atoms with van der Waals surface area (Å²) < 4.78 is 5.90. The number of nitrogens with one attached hydrogen (secondary N) is 2. The molecule has 0 aliphatic carbocycles. The molecule has 1 aromatic heterocycles. The van der Waals surface area contributed by atoms with E-state index in [1.165, 1.54) is 0 Å². The van der Waals surface area contributed by atoms with E-state index in [-0.39, 0.29) is 6.10 Å². The van der Waals surface area contributed by atoms with Gasteiger partial charge < -0.3 is 15.4 Å². The first-order valence-corrected chi connectivity index (χ1v) is 8.53. The molecular formula is C18H32N4O. The van der Waals surface area contributed by atoms with Crippen LogP contribution in [0.1, 0.15) is 53.0 Å². The third-order valence-corrected chi connectivity index (χ3v) is 3.60. The average Bonchev–Trinajstić information content (AvgIpc) is 2.50. The third kappa shape index (κ3) is 7.86. The van der Waals surface area contributed by atoms with Crippen LogP contribution >= 0.6 is 0 Å². The van der Waals surface area contributed by atoms with Crippen LogP contribution in [-0.2, 0) is 6.54 Å². The minimum atomic E-state index is 0.172. The first-order valence-electron chi connectivity index (χ1n) is 8.53. The summed E-state index contributed by atoms with van der Waals surface area (Å²) in [4.78, 5) is 8.54. The van der Waals surface area contributed by atoms with Crippen molar-refractivity contribution in [3.8, 4) is 5.88 Å². The van der Waals surface area contributed by atoms with Gasteiger partial charge >= 0.3 is 0 Å². The molecule has 0 amide bonds. The molecule has 0 radical (unpaired) electrons. The first kappa shape index (κ1) is 19.3. The lowest BCUT2D eigenvalue weighted by atomic mass is 10.1. The van der Waals surface area contributed by atoms with Crippen molar-refractivity contribution in [2.75, 3.05) is 7.05 Å². The Bertz CT molecular complexity index is 488. The van der Waals surface area contributed by atoms with Crippen molar-refractivity contribution in [3.63, 3.8) is 0 Å². The normalized spacial score (nSPS) is 14.5. The Balaban J connectivity index is 2.56. The highest BCUT2D eigenvalue weighted by molar-refractivity contribution is 5.79. The number of hydrogen-bond acceptors (Lipinski definition) is 3. The SMILES string of the molecule is CCC(C)NC(=NC)NCc1ccnc(OC(C)CC(C)C)c1. The topological polar surface area (TPSA) is 58.5 Å². The van der Waals surface area contributed by atoms with Crippen LogP contribution in [0.2, 0.25) is 0 Å². The van der Waals surface area contributed by atoms with Gasteiger partial charge in [0.1, 0.15) is 0 Å². The summed E-state index contributed by atoms with van der Waals surface area (Å²) in [5.41, 5.74) is 1.12. The number of pyridine rings is 1. The van der Waals surface area contributed by atoms with E-state index in [4.69, 9.17) is 4.74 Å². The Morgan fingerprint density at radius 2 is 2.04 bits per heavy atom. The van der Waals surface area contributed by atoms with Gasteiger partial charge in [-0.05, 0) is 44.2 Å². The average molecular weight is 320 g/mol. The molecule has 0 saturated carbocycles. The maximum Gasteiger partial charge on any atom is 0.213 e. The van der Waals surface area contributed by atoms with Gasteiger partial charge in [-0.15, -0.1) is 0 Å². The van der Waals surface area contributed by atoms with Crippen molar-refractivity contribution in [1.29, 1.82) is 0 Å². The fourth-order valence-corrected chi connectivity index (χ4v) is 2.26. The summed E-state index contributed by atoms with van der Waals surface area (Å²) in [6.07, 6.45) is 4.04. The molecule has 0 aromatic carbocycles. The summed E-state index contributed by atoms with van der Waals surface area (Å²) in [5.74, 6) is 2.11. The van der Waals surface area contributed by atoms with Crippen LogP contribution in [0.5, 0.6) is 5.88 Å². The van der Waals surface area contributed by atoms with Gasteiger partial charge in [0.2, 0.25) is 5.88 Å². The van der Waals surface area contributed by atoms with Gasteiger partial charge in [-0.2, -0.15) is 0 Å². The van der Waals surface area contributed by atoms with E-state index in [1.807, 2.05) is 12.1 Å². The fourth-order valence-electron chi connectivity index (χ4n) is 2.26. The molecule has 0 aliphatic rings. The summed E-state index contributed by atoms with van der Waals surface area (Å²) in [6.45, 7) is 11.5. The highest BCUT2D eigenvalue weighted by atomic mass is 16.5. The molecule has 1 aromatic rings. The predicted molar refractivity (Wildman–Crippen MR) is 96.9 cm³/mol. The Kier molecular flexibility index (Phi) is 8.45. The second kappa shape index (κ2) is 10.1. The summed E-state index contributed by atoms with van der Waals surface area (Å²) in [6, 6.07) is 4.37. The lowest BCUT2D eigenvalue weighted by Gasteiger charge is -2.18. The standard InChI is InChI=1S/C18H32N4O/c1-7-14(4)22-18(19-6)21-12-16-8-9-20-17(11-16)23-15(5)10-13(2)3/h8-9,11,13-15H,7,10,12H2,1-6H3,(H2,19,21,22). The summed E-state index contributed by atoms with van der Waals surface area (Å²) >= 11 is 0. The van der Waals surface area contributed by atoms with Crippen LogP contribution in [0.25, 0.3) is 0 Å². The van der Waals surface area contributed by atoms with Crippen LogP contribution in [0.4, 0.5) is 0 Å². The van der Waals surface area contributed by atoms with E-state index in [1.54, 1.807) is 13.2 Å². The molecule has 0 saturated heterocycles.